The SMILES string of the molecule is CCC(=O)c1cnc(Nc2cc(C(=O)N(C)C)ncn2)cc1Nc1cccc(-c2ncn(C)n2)c1OC. The van der Waals surface area contributed by atoms with Gasteiger partial charge in [-0.25, -0.2) is 19.9 Å². The molecule has 0 atom stereocenters. The van der Waals surface area contributed by atoms with E-state index in [9.17, 15) is 9.59 Å². The number of para-hydroxylation sites is 1. The van der Waals surface area contributed by atoms with E-state index in [1.165, 1.54) is 23.5 Å². The van der Waals surface area contributed by atoms with E-state index in [-0.39, 0.29) is 17.4 Å². The summed E-state index contributed by atoms with van der Waals surface area (Å²) in [5, 5.41) is 10.8. The summed E-state index contributed by atoms with van der Waals surface area (Å²) < 4.78 is 7.31. The summed E-state index contributed by atoms with van der Waals surface area (Å²) in [5.74, 6) is 1.50. The number of hydrogen-bond acceptors (Lipinski definition) is 10. The van der Waals surface area contributed by atoms with Crippen molar-refractivity contribution in [1.29, 1.82) is 0 Å². The van der Waals surface area contributed by atoms with Gasteiger partial charge in [0.05, 0.1) is 29.6 Å². The predicted octanol–water partition coefficient (Wildman–Crippen LogP) is 3.46. The summed E-state index contributed by atoms with van der Waals surface area (Å²) in [5.41, 5.74) is 2.50. The largest absolute Gasteiger partial charge is 0.494 e. The van der Waals surface area contributed by atoms with Crippen molar-refractivity contribution in [2.45, 2.75) is 13.3 Å². The zero-order valence-electron chi connectivity index (χ0n) is 21.2. The van der Waals surface area contributed by atoms with Gasteiger partial charge in [0.2, 0.25) is 0 Å². The standard InChI is InChI=1S/C25H27N9O3/c1-6-20(35)16-12-26-21(31-22-11-19(27-13-28-22)25(36)33(2)3)10-18(16)30-17-9-7-8-15(23(17)37-5)24-29-14-34(4)32-24/h7-14H,6H2,1-5H3,(H2,26,27,28,30,31). The van der Waals surface area contributed by atoms with Crippen LogP contribution in [0.25, 0.3) is 11.4 Å². The Hall–Kier alpha value is -4.87. The Kier molecular flexibility index (Phi) is 7.37. The molecule has 3 heterocycles. The first-order valence-corrected chi connectivity index (χ1v) is 11.4. The van der Waals surface area contributed by atoms with E-state index in [0.29, 0.717) is 52.1 Å². The normalized spacial score (nSPS) is 10.6. The molecule has 190 valence electrons. The number of hydrogen-bond donors (Lipinski definition) is 2. The van der Waals surface area contributed by atoms with Gasteiger partial charge in [0.1, 0.15) is 30.0 Å². The molecule has 0 aliphatic carbocycles. The highest BCUT2D eigenvalue weighted by Gasteiger charge is 2.18. The number of aryl methyl sites for hydroxylation is 1. The summed E-state index contributed by atoms with van der Waals surface area (Å²) in [6.07, 6.45) is 4.72. The molecule has 0 fully saturated rings. The van der Waals surface area contributed by atoms with Crippen molar-refractivity contribution in [3.05, 3.63) is 60.4 Å². The topological polar surface area (TPSA) is 140 Å². The number of ketones is 1. The molecule has 0 saturated heterocycles. The van der Waals surface area contributed by atoms with Crippen LogP contribution in [0.1, 0.15) is 34.2 Å². The highest BCUT2D eigenvalue weighted by atomic mass is 16.5. The molecule has 1 aromatic carbocycles. The fourth-order valence-corrected chi connectivity index (χ4v) is 3.58. The zero-order valence-corrected chi connectivity index (χ0v) is 21.2. The molecule has 4 rings (SSSR count). The summed E-state index contributed by atoms with van der Waals surface area (Å²) in [7, 11) is 6.64. The molecule has 1 amide bonds. The van der Waals surface area contributed by atoms with E-state index < -0.39 is 0 Å². The molecule has 0 bridgehead atoms. The number of amides is 1. The van der Waals surface area contributed by atoms with Gasteiger partial charge in [0, 0.05) is 45.9 Å². The van der Waals surface area contributed by atoms with Gasteiger partial charge in [-0.1, -0.05) is 13.0 Å². The number of carbonyl (C=O) groups is 2. The number of rotatable bonds is 9. The fourth-order valence-electron chi connectivity index (χ4n) is 3.58. The molecule has 4 aromatic rings. The van der Waals surface area contributed by atoms with Gasteiger partial charge in [0.25, 0.3) is 5.91 Å². The Balaban J connectivity index is 1.70. The Morgan fingerprint density at radius 1 is 1.03 bits per heavy atom. The van der Waals surface area contributed by atoms with Crippen molar-refractivity contribution >= 4 is 34.7 Å². The summed E-state index contributed by atoms with van der Waals surface area (Å²) in [4.78, 5) is 43.3. The highest BCUT2D eigenvalue weighted by molar-refractivity contribution is 6.02. The van der Waals surface area contributed by atoms with Crippen LogP contribution < -0.4 is 15.4 Å². The van der Waals surface area contributed by atoms with Crippen LogP contribution in [0.3, 0.4) is 0 Å². The van der Waals surface area contributed by atoms with Crippen molar-refractivity contribution in [1.82, 2.24) is 34.6 Å². The molecule has 0 aliphatic rings. The van der Waals surface area contributed by atoms with Crippen LogP contribution in [0.5, 0.6) is 5.75 Å². The predicted molar refractivity (Wildman–Crippen MR) is 138 cm³/mol. The molecule has 0 radical (unpaired) electrons. The maximum atomic E-state index is 12.7. The van der Waals surface area contributed by atoms with E-state index in [1.54, 1.807) is 52.3 Å². The zero-order chi connectivity index (χ0) is 26.5. The number of carbonyl (C=O) groups excluding carboxylic acids is 2. The average Bonchev–Trinajstić information content (AvgIpc) is 3.34. The Morgan fingerprint density at radius 2 is 1.81 bits per heavy atom. The maximum Gasteiger partial charge on any atom is 0.272 e. The molecule has 12 nitrogen and oxygen atoms in total. The smallest absolute Gasteiger partial charge is 0.272 e. The average molecular weight is 502 g/mol. The maximum absolute atomic E-state index is 12.7. The second-order valence-corrected chi connectivity index (χ2v) is 8.26. The first-order chi connectivity index (χ1) is 17.8. The number of nitrogens with one attached hydrogen (secondary N) is 2. The van der Waals surface area contributed by atoms with Gasteiger partial charge in [-0.3, -0.25) is 14.3 Å². The third kappa shape index (κ3) is 5.53. The number of anilines is 4. The number of benzene rings is 1. The fraction of sp³-hybridized carbons (Fsp3) is 0.240. The number of aromatic nitrogens is 6. The van der Waals surface area contributed by atoms with Gasteiger partial charge >= 0.3 is 0 Å². The Morgan fingerprint density at radius 3 is 2.49 bits per heavy atom. The summed E-state index contributed by atoms with van der Waals surface area (Å²) in [6, 6.07) is 8.78. The van der Waals surface area contributed by atoms with Crippen molar-refractivity contribution in [2.75, 3.05) is 31.8 Å². The van der Waals surface area contributed by atoms with Gasteiger partial charge in [-0.15, -0.1) is 0 Å². The number of methoxy groups -OCH3 is 1. The van der Waals surface area contributed by atoms with Crippen molar-refractivity contribution < 1.29 is 14.3 Å². The Bertz CT molecular complexity index is 1450. The monoisotopic (exact) mass is 501 g/mol. The van der Waals surface area contributed by atoms with Crippen LogP contribution in [0.4, 0.5) is 23.0 Å². The molecular weight excluding hydrogens is 474 g/mol. The summed E-state index contributed by atoms with van der Waals surface area (Å²) >= 11 is 0. The van der Waals surface area contributed by atoms with Crippen LogP contribution in [0, 0.1) is 0 Å². The van der Waals surface area contributed by atoms with E-state index >= 15 is 0 Å². The quantitative estimate of drug-likeness (QED) is 0.328. The van der Waals surface area contributed by atoms with Crippen LogP contribution in [0.2, 0.25) is 0 Å². The van der Waals surface area contributed by atoms with Crippen molar-refractivity contribution in [2.24, 2.45) is 7.05 Å². The van der Waals surface area contributed by atoms with Gasteiger partial charge in [-0.05, 0) is 12.1 Å². The molecule has 0 spiro atoms. The van der Waals surface area contributed by atoms with Gasteiger partial charge < -0.3 is 20.3 Å². The van der Waals surface area contributed by atoms with Crippen LogP contribution in [0.15, 0.2) is 49.2 Å². The Labute approximate surface area is 213 Å². The molecule has 0 unspecified atom stereocenters. The highest BCUT2D eigenvalue weighted by Crippen LogP contribution is 2.37. The van der Waals surface area contributed by atoms with E-state index in [2.05, 4.69) is 35.7 Å². The lowest BCUT2D eigenvalue weighted by molar-refractivity contribution is 0.0821. The molecule has 2 N–H and O–H groups in total. The lowest BCUT2D eigenvalue weighted by Crippen LogP contribution is -2.22. The van der Waals surface area contributed by atoms with E-state index in [0.717, 1.165) is 0 Å². The van der Waals surface area contributed by atoms with Crippen molar-refractivity contribution in [3.8, 4) is 17.1 Å². The summed E-state index contributed by atoms with van der Waals surface area (Å²) in [6.45, 7) is 1.79. The number of Topliss-reactive ketones (excluding diaryl/α,β-unsaturated/α-hetero) is 1. The molecule has 0 aliphatic heterocycles. The van der Waals surface area contributed by atoms with E-state index in [4.69, 9.17) is 4.74 Å². The van der Waals surface area contributed by atoms with Gasteiger partial charge in [0.15, 0.2) is 17.4 Å². The number of pyridine rings is 1. The molecule has 37 heavy (non-hydrogen) atoms. The minimum Gasteiger partial charge on any atom is -0.494 e. The molecular formula is C25H27N9O3. The van der Waals surface area contributed by atoms with Crippen LogP contribution in [-0.4, -0.2) is 67.5 Å². The van der Waals surface area contributed by atoms with E-state index in [1.807, 2.05) is 18.2 Å². The second-order valence-electron chi connectivity index (χ2n) is 8.26. The third-order valence-corrected chi connectivity index (χ3v) is 5.40. The molecule has 12 heteroatoms. The lowest BCUT2D eigenvalue weighted by atomic mass is 10.1. The first kappa shape index (κ1) is 25.2. The van der Waals surface area contributed by atoms with Gasteiger partial charge in [-0.2, -0.15) is 5.10 Å². The minimum atomic E-state index is -0.251. The van der Waals surface area contributed by atoms with Crippen molar-refractivity contribution in [3.63, 3.8) is 0 Å². The van der Waals surface area contributed by atoms with Crippen LogP contribution in [-0.2, 0) is 7.05 Å². The minimum absolute atomic E-state index is 0.0797. The molecule has 3 aromatic heterocycles. The third-order valence-electron chi connectivity index (χ3n) is 5.40. The second kappa shape index (κ2) is 10.8. The lowest BCUT2D eigenvalue weighted by Gasteiger charge is -2.17. The number of nitrogens with zero attached hydrogens (tertiary/aromatic N) is 7. The van der Waals surface area contributed by atoms with Crippen LogP contribution >= 0.6 is 0 Å². The molecule has 0 saturated carbocycles. The number of ether oxygens (including phenoxy) is 1. The first-order valence-electron chi connectivity index (χ1n) is 11.4.